The highest BCUT2D eigenvalue weighted by atomic mass is 17.1. The van der Waals surface area contributed by atoms with E-state index < -0.39 is 11.9 Å². The molecule has 0 fully saturated rings. The second-order valence-corrected chi connectivity index (χ2v) is 2.47. The molecule has 0 aromatic heterocycles. The van der Waals surface area contributed by atoms with E-state index in [4.69, 9.17) is 10.4 Å². The third-order valence-corrected chi connectivity index (χ3v) is 1.41. The molecule has 0 bridgehead atoms. The van der Waals surface area contributed by atoms with Crippen LogP contribution in [0.4, 0.5) is 0 Å². The molecule has 1 unspecified atom stereocenters. The van der Waals surface area contributed by atoms with E-state index in [2.05, 4.69) is 4.89 Å². The van der Waals surface area contributed by atoms with Crippen molar-refractivity contribution in [3.63, 3.8) is 0 Å². The molecule has 0 rings (SSSR count). The smallest absolute Gasteiger partial charge is 0.344 e. The van der Waals surface area contributed by atoms with Gasteiger partial charge in [0.2, 0.25) is 0 Å². The first-order valence-electron chi connectivity index (χ1n) is 4.06. The average molecular weight is 192 g/mol. The molecule has 0 saturated carbocycles. The van der Waals surface area contributed by atoms with Crippen LogP contribution in [0, 0.1) is 5.92 Å². The van der Waals surface area contributed by atoms with Crippen LogP contribution in [-0.2, 0) is 14.5 Å². The zero-order valence-corrected chi connectivity index (χ0v) is 8.11. The fourth-order valence-corrected chi connectivity index (χ4v) is 0.257. The first kappa shape index (κ1) is 14.4. The summed E-state index contributed by atoms with van der Waals surface area (Å²) in [5.74, 6) is -1.50. The van der Waals surface area contributed by atoms with Crippen molar-refractivity contribution in [1.82, 2.24) is 0 Å². The van der Waals surface area contributed by atoms with E-state index in [-0.39, 0.29) is 12.3 Å². The molecule has 13 heavy (non-hydrogen) atoms. The Morgan fingerprint density at radius 1 is 1.38 bits per heavy atom. The van der Waals surface area contributed by atoms with E-state index >= 15 is 0 Å². The Morgan fingerprint density at radius 2 is 1.77 bits per heavy atom. The third kappa shape index (κ3) is 10.9. The van der Waals surface area contributed by atoms with Crippen LogP contribution in [0.2, 0.25) is 0 Å². The lowest BCUT2D eigenvalue weighted by molar-refractivity contribution is -0.238. The van der Waals surface area contributed by atoms with Crippen molar-refractivity contribution in [2.24, 2.45) is 5.92 Å². The van der Waals surface area contributed by atoms with Crippen LogP contribution < -0.4 is 0 Å². The number of hydrogen-bond donors (Lipinski definition) is 2. The maximum absolute atomic E-state index is 10.3. The molecule has 0 radical (unpaired) electrons. The molecule has 0 aliphatic heterocycles. The summed E-state index contributed by atoms with van der Waals surface area (Å²) >= 11 is 0. The molecule has 2 N–H and O–H groups in total. The predicted octanol–water partition coefficient (Wildman–Crippen LogP) is 1.53. The summed E-state index contributed by atoms with van der Waals surface area (Å²) in [5, 5.41) is 15.5. The van der Waals surface area contributed by atoms with Crippen LogP contribution >= 0.6 is 0 Å². The molecule has 5 heteroatoms. The van der Waals surface area contributed by atoms with Crippen molar-refractivity contribution >= 4 is 11.9 Å². The molecule has 0 saturated heterocycles. The van der Waals surface area contributed by atoms with Crippen molar-refractivity contribution in [2.45, 2.75) is 33.6 Å². The van der Waals surface area contributed by atoms with E-state index in [9.17, 15) is 9.59 Å². The fraction of sp³-hybridized carbons (Fsp3) is 0.750. The van der Waals surface area contributed by atoms with E-state index in [1.165, 1.54) is 0 Å². The van der Waals surface area contributed by atoms with Gasteiger partial charge in [-0.3, -0.25) is 4.79 Å². The predicted molar refractivity (Wildman–Crippen MR) is 46.1 cm³/mol. The fourth-order valence-electron chi connectivity index (χ4n) is 0.257. The minimum atomic E-state index is -0.745. The Hall–Kier alpha value is -1.10. The quantitative estimate of drug-likeness (QED) is 0.523. The van der Waals surface area contributed by atoms with E-state index in [0.717, 1.165) is 0 Å². The maximum atomic E-state index is 10.3. The van der Waals surface area contributed by atoms with Gasteiger partial charge in [-0.05, 0) is 6.42 Å². The SMILES string of the molecule is CCC(=O)O.CCC(C)C(=O)OO. The average Bonchev–Trinajstić information content (AvgIpc) is 2.16. The van der Waals surface area contributed by atoms with Crippen molar-refractivity contribution < 1.29 is 24.8 Å². The van der Waals surface area contributed by atoms with E-state index in [1.807, 2.05) is 6.92 Å². The van der Waals surface area contributed by atoms with Gasteiger partial charge in [0.1, 0.15) is 0 Å². The van der Waals surface area contributed by atoms with Gasteiger partial charge in [-0.2, -0.15) is 5.26 Å². The zero-order valence-electron chi connectivity index (χ0n) is 8.11. The lowest BCUT2D eigenvalue weighted by Crippen LogP contribution is -2.11. The van der Waals surface area contributed by atoms with Crippen LogP contribution in [0.1, 0.15) is 33.6 Å². The van der Waals surface area contributed by atoms with Crippen LogP contribution in [0.3, 0.4) is 0 Å². The van der Waals surface area contributed by atoms with Crippen molar-refractivity contribution in [3.05, 3.63) is 0 Å². The lowest BCUT2D eigenvalue weighted by Gasteiger charge is -2.00. The van der Waals surface area contributed by atoms with Gasteiger partial charge in [0.15, 0.2) is 0 Å². The highest BCUT2D eigenvalue weighted by Gasteiger charge is 2.10. The van der Waals surface area contributed by atoms with Gasteiger partial charge >= 0.3 is 11.9 Å². The standard InChI is InChI=1S/C5H10O3.C3H6O2/c1-3-4(2)5(6)8-7;1-2-3(4)5/h4,7H,3H2,1-2H3;2H2,1H3,(H,4,5). The first-order valence-corrected chi connectivity index (χ1v) is 4.06. The van der Waals surface area contributed by atoms with Crippen molar-refractivity contribution in [3.8, 4) is 0 Å². The van der Waals surface area contributed by atoms with Crippen molar-refractivity contribution in [2.75, 3.05) is 0 Å². The second-order valence-electron chi connectivity index (χ2n) is 2.47. The largest absolute Gasteiger partial charge is 0.481 e. The highest BCUT2D eigenvalue weighted by Crippen LogP contribution is 2.00. The van der Waals surface area contributed by atoms with E-state index in [0.29, 0.717) is 6.42 Å². The van der Waals surface area contributed by atoms with Gasteiger partial charge in [0.25, 0.3) is 0 Å². The number of rotatable bonds is 3. The van der Waals surface area contributed by atoms with Gasteiger partial charge in [-0.1, -0.05) is 20.8 Å². The molecule has 0 amide bonds. The minimum Gasteiger partial charge on any atom is -0.481 e. The second kappa shape index (κ2) is 8.99. The molecule has 1 atom stereocenters. The number of carboxylic acids is 1. The summed E-state index contributed by atoms with van der Waals surface area (Å²) < 4.78 is 0. The van der Waals surface area contributed by atoms with Gasteiger partial charge in [-0.25, -0.2) is 4.79 Å². The molecular weight excluding hydrogens is 176 g/mol. The van der Waals surface area contributed by atoms with Crippen LogP contribution in [0.5, 0.6) is 0 Å². The summed E-state index contributed by atoms with van der Waals surface area (Å²) in [6.45, 7) is 5.14. The topological polar surface area (TPSA) is 83.8 Å². The number of carboxylic acid groups (broad SMARTS) is 1. The molecule has 0 spiro atoms. The number of carbonyl (C=O) groups excluding carboxylic acids is 1. The van der Waals surface area contributed by atoms with Crippen LogP contribution in [-0.4, -0.2) is 22.3 Å². The molecule has 0 aromatic carbocycles. The summed E-state index contributed by atoms with van der Waals surface area (Å²) in [5.41, 5.74) is 0. The lowest BCUT2D eigenvalue weighted by atomic mass is 10.1. The first-order chi connectivity index (χ1) is 5.99. The van der Waals surface area contributed by atoms with E-state index in [1.54, 1.807) is 13.8 Å². The molecular formula is C8H16O5. The van der Waals surface area contributed by atoms with Crippen LogP contribution in [0.15, 0.2) is 0 Å². The Morgan fingerprint density at radius 3 is 1.85 bits per heavy atom. The van der Waals surface area contributed by atoms with Gasteiger partial charge in [-0.15, -0.1) is 0 Å². The molecule has 0 aromatic rings. The van der Waals surface area contributed by atoms with Gasteiger partial charge in [0.05, 0.1) is 5.92 Å². The highest BCUT2D eigenvalue weighted by molar-refractivity contribution is 5.71. The zero-order chi connectivity index (χ0) is 10.9. The third-order valence-electron chi connectivity index (χ3n) is 1.41. The normalized spacial score (nSPS) is 10.8. The monoisotopic (exact) mass is 192 g/mol. The molecule has 0 aliphatic carbocycles. The van der Waals surface area contributed by atoms with Crippen LogP contribution in [0.25, 0.3) is 0 Å². The Balaban J connectivity index is 0. The summed E-state index contributed by atoms with van der Waals surface area (Å²) in [6.07, 6.45) is 0.916. The molecule has 5 nitrogen and oxygen atoms in total. The Kier molecular flexibility index (Phi) is 9.98. The molecule has 0 heterocycles. The molecule has 78 valence electrons. The van der Waals surface area contributed by atoms with Crippen molar-refractivity contribution in [1.29, 1.82) is 0 Å². The Bertz CT molecular complexity index is 155. The minimum absolute atomic E-state index is 0.194. The summed E-state index contributed by atoms with van der Waals surface area (Å²) in [4.78, 5) is 23.1. The number of hydrogen-bond acceptors (Lipinski definition) is 4. The summed E-state index contributed by atoms with van der Waals surface area (Å²) in [7, 11) is 0. The molecule has 0 aliphatic rings. The number of aliphatic carboxylic acids is 1. The Labute approximate surface area is 77.3 Å². The maximum Gasteiger partial charge on any atom is 0.344 e. The van der Waals surface area contributed by atoms with Gasteiger partial charge < -0.3 is 9.99 Å². The van der Waals surface area contributed by atoms with Gasteiger partial charge in [0, 0.05) is 6.42 Å². The number of carbonyl (C=O) groups is 2. The summed E-state index contributed by atoms with van der Waals surface area (Å²) in [6, 6.07) is 0.